The highest BCUT2D eigenvalue weighted by atomic mass is 16.5. The van der Waals surface area contributed by atoms with Crippen LogP contribution in [0.15, 0.2) is 24.4 Å². The number of methoxy groups -OCH3 is 1. The summed E-state index contributed by atoms with van der Waals surface area (Å²) >= 11 is 0. The van der Waals surface area contributed by atoms with Crippen molar-refractivity contribution in [3.63, 3.8) is 0 Å². The van der Waals surface area contributed by atoms with Crippen molar-refractivity contribution in [2.75, 3.05) is 20.3 Å². The lowest BCUT2D eigenvalue weighted by Gasteiger charge is -2.07. The third kappa shape index (κ3) is 3.18. The standard InChI is InChI=1S/C17H18N2O5/c1-4-23-16(20)13(9-18)14-10-19(17(21)24-5-2)15-7-6-11(22-3)8-12(14)15/h6-8,10,13H,4-5H2,1-3H3. The summed E-state index contributed by atoms with van der Waals surface area (Å²) in [6.07, 6.45) is 0.854. The van der Waals surface area contributed by atoms with E-state index in [1.807, 2.05) is 6.07 Å². The summed E-state index contributed by atoms with van der Waals surface area (Å²) in [5.41, 5.74) is 0.895. The molecule has 2 aromatic rings. The average Bonchev–Trinajstić information content (AvgIpc) is 2.95. The van der Waals surface area contributed by atoms with Gasteiger partial charge in [-0.1, -0.05) is 0 Å². The van der Waals surface area contributed by atoms with E-state index in [4.69, 9.17) is 14.2 Å². The molecule has 0 saturated carbocycles. The summed E-state index contributed by atoms with van der Waals surface area (Å²) in [5, 5.41) is 9.96. The molecule has 0 spiro atoms. The van der Waals surface area contributed by atoms with Crippen molar-refractivity contribution in [2.45, 2.75) is 19.8 Å². The molecule has 1 unspecified atom stereocenters. The van der Waals surface area contributed by atoms with Gasteiger partial charge in [-0.2, -0.15) is 5.26 Å². The molecule has 0 N–H and O–H groups in total. The lowest BCUT2D eigenvalue weighted by molar-refractivity contribution is -0.143. The van der Waals surface area contributed by atoms with Crippen LogP contribution in [0.4, 0.5) is 4.79 Å². The number of rotatable bonds is 5. The fraction of sp³-hybridized carbons (Fsp3) is 0.353. The third-order valence-electron chi connectivity index (χ3n) is 3.47. The van der Waals surface area contributed by atoms with Crippen molar-refractivity contribution < 1.29 is 23.8 Å². The third-order valence-corrected chi connectivity index (χ3v) is 3.47. The van der Waals surface area contributed by atoms with Crippen LogP contribution in [0.1, 0.15) is 25.3 Å². The number of ether oxygens (including phenoxy) is 3. The van der Waals surface area contributed by atoms with Crippen LogP contribution in [-0.2, 0) is 14.3 Å². The van der Waals surface area contributed by atoms with Crippen molar-refractivity contribution in [3.8, 4) is 11.8 Å². The maximum absolute atomic E-state index is 12.1. The Bertz CT molecular complexity index is 803. The number of hydrogen-bond acceptors (Lipinski definition) is 6. The smallest absolute Gasteiger partial charge is 0.418 e. The van der Waals surface area contributed by atoms with Crippen LogP contribution in [0.25, 0.3) is 10.9 Å². The number of aromatic nitrogens is 1. The van der Waals surface area contributed by atoms with Gasteiger partial charge < -0.3 is 14.2 Å². The predicted molar refractivity (Wildman–Crippen MR) is 85.9 cm³/mol. The van der Waals surface area contributed by atoms with Crippen LogP contribution in [-0.4, -0.2) is 37.0 Å². The summed E-state index contributed by atoms with van der Waals surface area (Å²) in [4.78, 5) is 24.2. The normalized spacial score (nSPS) is 11.6. The molecule has 0 aliphatic rings. The minimum absolute atomic E-state index is 0.164. The Balaban J connectivity index is 2.65. The summed E-state index contributed by atoms with van der Waals surface area (Å²) in [6, 6.07) is 6.97. The lowest BCUT2D eigenvalue weighted by atomic mass is 10.00. The van der Waals surface area contributed by atoms with Crippen molar-refractivity contribution in [1.29, 1.82) is 5.26 Å². The Labute approximate surface area is 139 Å². The second kappa shape index (κ2) is 7.51. The van der Waals surface area contributed by atoms with Gasteiger partial charge in [0.2, 0.25) is 0 Å². The molecule has 0 amide bonds. The Morgan fingerprint density at radius 1 is 1.25 bits per heavy atom. The van der Waals surface area contributed by atoms with Crippen LogP contribution in [0.2, 0.25) is 0 Å². The topological polar surface area (TPSA) is 90.6 Å². The molecule has 1 heterocycles. The molecular formula is C17H18N2O5. The second-order valence-electron chi connectivity index (χ2n) is 4.85. The zero-order chi connectivity index (χ0) is 17.7. The van der Waals surface area contributed by atoms with Gasteiger partial charge in [0.05, 0.1) is 31.9 Å². The maximum Gasteiger partial charge on any atom is 0.418 e. The molecule has 7 nitrogen and oxygen atoms in total. The predicted octanol–water partition coefficient (Wildman–Crippen LogP) is 2.82. The molecule has 0 bridgehead atoms. The van der Waals surface area contributed by atoms with Crippen molar-refractivity contribution >= 4 is 23.0 Å². The summed E-state index contributed by atoms with van der Waals surface area (Å²) < 4.78 is 16.4. The first-order valence-corrected chi connectivity index (χ1v) is 7.49. The van der Waals surface area contributed by atoms with E-state index in [9.17, 15) is 14.9 Å². The number of fused-ring (bicyclic) bond motifs is 1. The Morgan fingerprint density at radius 2 is 1.96 bits per heavy atom. The van der Waals surface area contributed by atoms with Gasteiger partial charge in [-0.3, -0.25) is 9.36 Å². The summed E-state index contributed by atoms with van der Waals surface area (Å²) in [6.45, 7) is 3.74. The van der Waals surface area contributed by atoms with E-state index in [-0.39, 0.29) is 13.2 Å². The van der Waals surface area contributed by atoms with Gasteiger partial charge in [0.25, 0.3) is 0 Å². The molecule has 0 fully saturated rings. The average molecular weight is 330 g/mol. The molecule has 1 aromatic carbocycles. The van der Waals surface area contributed by atoms with E-state index >= 15 is 0 Å². The first-order chi connectivity index (χ1) is 11.6. The van der Waals surface area contributed by atoms with E-state index in [0.29, 0.717) is 22.2 Å². The molecule has 0 saturated heterocycles. The van der Waals surface area contributed by atoms with Crippen molar-refractivity contribution in [3.05, 3.63) is 30.0 Å². The molecule has 0 radical (unpaired) electrons. The van der Waals surface area contributed by atoms with Gasteiger partial charge in [0, 0.05) is 17.1 Å². The van der Waals surface area contributed by atoms with Crippen LogP contribution >= 0.6 is 0 Å². The molecule has 1 aromatic heterocycles. The monoisotopic (exact) mass is 330 g/mol. The van der Waals surface area contributed by atoms with Crippen LogP contribution in [0.5, 0.6) is 5.75 Å². The van der Waals surface area contributed by atoms with Gasteiger partial charge in [0.15, 0.2) is 5.92 Å². The second-order valence-corrected chi connectivity index (χ2v) is 4.85. The number of nitriles is 1. The SMILES string of the molecule is CCOC(=O)C(C#N)c1cn(C(=O)OCC)c2ccc(OC)cc12. The Kier molecular flexibility index (Phi) is 5.42. The van der Waals surface area contributed by atoms with E-state index < -0.39 is 18.0 Å². The first-order valence-electron chi connectivity index (χ1n) is 7.49. The molecule has 126 valence electrons. The number of carbonyl (C=O) groups excluding carboxylic acids is 2. The number of nitrogens with zero attached hydrogens (tertiary/aromatic N) is 2. The molecule has 2 rings (SSSR count). The number of carbonyl (C=O) groups is 2. The largest absolute Gasteiger partial charge is 0.497 e. The van der Waals surface area contributed by atoms with Gasteiger partial charge in [-0.05, 0) is 32.0 Å². The molecule has 1 atom stereocenters. The fourth-order valence-electron chi connectivity index (χ4n) is 2.41. The highest BCUT2D eigenvalue weighted by molar-refractivity contribution is 5.97. The zero-order valence-corrected chi connectivity index (χ0v) is 13.7. The van der Waals surface area contributed by atoms with E-state index in [1.165, 1.54) is 17.9 Å². The van der Waals surface area contributed by atoms with Crippen LogP contribution < -0.4 is 4.74 Å². The minimum Gasteiger partial charge on any atom is -0.497 e. The highest BCUT2D eigenvalue weighted by Gasteiger charge is 2.27. The van der Waals surface area contributed by atoms with Crippen LogP contribution in [0.3, 0.4) is 0 Å². The van der Waals surface area contributed by atoms with E-state index in [0.717, 1.165) is 0 Å². The van der Waals surface area contributed by atoms with E-state index in [2.05, 4.69) is 0 Å². The van der Waals surface area contributed by atoms with E-state index in [1.54, 1.807) is 32.0 Å². The molecule has 24 heavy (non-hydrogen) atoms. The van der Waals surface area contributed by atoms with Gasteiger partial charge in [-0.15, -0.1) is 0 Å². The quantitative estimate of drug-likeness (QED) is 0.783. The summed E-state index contributed by atoms with van der Waals surface area (Å²) in [5.74, 6) is -1.26. The lowest BCUT2D eigenvalue weighted by Crippen LogP contribution is -2.15. The fourth-order valence-corrected chi connectivity index (χ4v) is 2.41. The van der Waals surface area contributed by atoms with Crippen molar-refractivity contribution in [2.24, 2.45) is 0 Å². The first kappa shape index (κ1) is 17.3. The molecule has 0 aliphatic heterocycles. The molecule has 7 heteroatoms. The number of hydrogen-bond donors (Lipinski definition) is 0. The van der Waals surface area contributed by atoms with Gasteiger partial charge >= 0.3 is 12.1 Å². The summed E-state index contributed by atoms with van der Waals surface area (Å²) in [7, 11) is 1.51. The van der Waals surface area contributed by atoms with Gasteiger partial charge in [0.1, 0.15) is 5.75 Å². The molecule has 0 aliphatic carbocycles. The van der Waals surface area contributed by atoms with Crippen molar-refractivity contribution in [1.82, 2.24) is 4.57 Å². The molecular weight excluding hydrogens is 312 g/mol. The Morgan fingerprint density at radius 3 is 2.54 bits per heavy atom. The number of benzene rings is 1. The minimum atomic E-state index is -1.14. The Hall–Kier alpha value is -3.01. The zero-order valence-electron chi connectivity index (χ0n) is 13.7. The van der Waals surface area contributed by atoms with Crippen LogP contribution in [0, 0.1) is 11.3 Å². The highest BCUT2D eigenvalue weighted by Crippen LogP contribution is 2.31. The number of esters is 1. The maximum atomic E-state index is 12.1. The van der Waals surface area contributed by atoms with Gasteiger partial charge in [-0.25, -0.2) is 4.79 Å².